The lowest BCUT2D eigenvalue weighted by Gasteiger charge is -2.29. The van der Waals surface area contributed by atoms with E-state index in [1.807, 2.05) is 11.3 Å². The Hall–Kier alpha value is -11.4. The second-order valence-electron chi connectivity index (χ2n) is 23.2. The van der Waals surface area contributed by atoms with E-state index in [0.717, 1.165) is 56.4 Å². The molecule has 0 atom stereocenters. The van der Waals surface area contributed by atoms with Gasteiger partial charge in [0.1, 0.15) is 0 Å². The SMILES string of the molecule is c1cc(-c2ccccc2N(c2cccc(-c3ccc4ccccc4c3)c2)c2ccc3c(ccc4ccccc43)c2)cc(N(c2ccc(-c3ccc(-c4cccc5ccccc45)cc3)cc2)c2ccc(-c3cccc4c3sc3ccc5ccccc5c34)cc2)c1. The molecular formula is C86H56N2S. The van der Waals surface area contributed by atoms with Gasteiger partial charge < -0.3 is 9.80 Å². The molecule has 0 saturated carbocycles. The van der Waals surface area contributed by atoms with Crippen molar-refractivity contribution >= 4 is 119 Å². The minimum Gasteiger partial charge on any atom is -0.310 e. The number of nitrogens with zero attached hydrogens (tertiary/aromatic N) is 2. The van der Waals surface area contributed by atoms with Crippen LogP contribution in [0.3, 0.4) is 0 Å². The minimum atomic E-state index is 1.05. The largest absolute Gasteiger partial charge is 0.310 e. The van der Waals surface area contributed by atoms with Crippen LogP contribution in [0.4, 0.5) is 34.1 Å². The molecule has 2 nitrogen and oxygen atoms in total. The number of anilines is 6. The van der Waals surface area contributed by atoms with Crippen molar-refractivity contribution in [2.75, 3.05) is 9.80 Å². The van der Waals surface area contributed by atoms with Crippen molar-refractivity contribution in [1.82, 2.24) is 0 Å². The number of benzene rings is 16. The zero-order chi connectivity index (χ0) is 58.8. The van der Waals surface area contributed by atoms with Gasteiger partial charge in [0, 0.05) is 54.2 Å². The Labute approximate surface area is 521 Å². The molecule has 89 heavy (non-hydrogen) atoms. The lowest BCUT2D eigenvalue weighted by Crippen LogP contribution is -2.12. The van der Waals surface area contributed by atoms with Crippen molar-refractivity contribution in [2.45, 2.75) is 0 Å². The maximum atomic E-state index is 2.45. The summed E-state index contributed by atoms with van der Waals surface area (Å²) in [6.45, 7) is 0. The summed E-state index contributed by atoms with van der Waals surface area (Å²) in [7, 11) is 0. The van der Waals surface area contributed by atoms with Crippen LogP contribution in [0.1, 0.15) is 0 Å². The molecule has 1 aromatic heterocycles. The summed E-state index contributed by atoms with van der Waals surface area (Å²) in [6.07, 6.45) is 0. The normalized spacial score (nSPS) is 11.6. The van der Waals surface area contributed by atoms with Crippen LogP contribution in [0.5, 0.6) is 0 Å². The molecule has 0 aliphatic carbocycles. The Morgan fingerprint density at radius 1 is 0.202 bits per heavy atom. The van der Waals surface area contributed by atoms with Gasteiger partial charge in [-0.2, -0.15) is 0 Å². The average molecular weight is 1150 g/mol. The van der Waals surface area contributed by atoms with Gasteiger partial charge in [0.15, 0.2) is 0 Å². The van der Waals surface area contributed by atoms with E-state index in [1.165, 1.54) is 107 Å². The summed E-state index contributed by atoms with van der Waals surface area (Å²) in [6, 6.07) is 125. The molecular weight excluding hydrogens is 1090 g/mol. The van der Waals surface area contributed by atoms with Crippen LogP contribution >= 0.6 is 11.3 Å². The first-order chi connectivity index (χ1) is 44.1. The molecule has 1 heterocycles. The first-order valence-corrected chi connectivity index (χ1v) is 31.3. The molecule has 0 fully saturated rings. The highest BCUT2D eigenvalue weighted by molar-refractivity contribution is 7.26. The van der Waals surface area contributed by atoms with Crippen molar-refractivity contribution < 1.29 is 0 Å². The highest BCUT2D eigenvalue weighted by Crippen LogP contribution is 2.47. The average Bonchev–Trinajstić information content (AvgIpc) is 1.79. The predicted octanol–water partition coefficient (Wildman–Crippen LogP) is 25.1. The highest BCUT2D eigenvalue weighted by atomic mass is 32.1. The van der Waals surface area contributed by atoms with Gasteiger partial charge in [0.25, 0.3) is 0 Å². The fourth-order valence-corrected chi connectivity index (χ4v) is 14.9. The molecule has 0 unspecified atom stereocenters. The Balaban J connectivity index is 0.785. The third-order valence-electron chi connectivity index (χ3n) is 18.0. The summed E-state index contributed by atoms with van der Waals surface area (Å²) < 4.78 is 2.62. The zero-order valence-corrected chi connectivity index (χ0v) is 49.5. The van der Waals surface area contributed by atoms with E-state index in [0.29, 0.717) is 0 Å². The van der Waals surface area contributed by atoms with Crippen LogP contribution in [-0.2, 0) is 0 Å². The van der Waals surface area contributed by atoms with Crippen molar-refractivity contribution in [1.29, 1.82) is 0 Å². The fourth-order valence-electron chi connectivity index (χ4n) is 13.6. The lowest BCUT2D eigenvalue weighted by atomic mass is 9.96. The van der Waals surface area contributed by atoms with Gasteiger partial charge in [0.05, 0.1) is 5.69 Å². The quantitative estimate of drug-likeness (QED) is 0.119. The third kappa shape index (κ3) is 9.35. The predicted molar refractivity (Wildman–Crippen MR) is 383 cm³/mol. The molecule has 0 spiro atoms. The zero-order valence-electron chi connectivity index (χ0n) is 48.6. The number of fused-ring (bicyclic) bond motifs is 10. The Morgan fingerprint density at radius 2 is 0.652 bits per heavy atom. The first-order valence-electron chi connectivity index (χ1n) is 30.5. The molecule has 17 aromatic rings. The van der Waals surface area contributed by atoms with Gasteiger partial charge in [-0.25, -0.2) is 0 Å². The van der Waals surface area contributed by atoms with E-state index >= 15 is 0 Å². The number of hydrogen-bond acceptors (Lipinski definition) is 3. The van der Waals surface area contributed by atoms with Crippen LogP contribution in [-0.4, -0.2) is 0 Å². The van der Waals surface area contributed by atoms with Crippen LogP contribution in [0.15, 0.2) is 340 Å². The number of rotatable bonds is 11. The van der Waals surface area contributed by atoms with Crippen LogP contribution in [0.25, 0.3) is 130 Å². The smallest absolute Gasteiger partial charge is 0.0540 e. The van der Waals surface area contributed by atoms with E-state index in [9.17, 15) is 0 Å². The second-order valence-corrected chi connectivity index (χ2v) is 24.2. The summed E-state index contributed by atoms with van der Waals surface area (Å²) in [5, 5.41) is 15.1. The molecule has 0 N–H and O–H groups in total. The van der Waals surface area contributed by atoms with Crippen molar-refractivity contribution in [3.05, 3.63) is 340 Å². The Bertz CT molecular complexity index is 5560. The van der Waals surface area contributed by atoms with Gasteiger partial charge >= 0.3 is 0 Å². The molecule has 17 rings (SSSR count). The first kappa shape index (κ1) is 52.0. The molecule has 16 aromatic carbocycles. The maximum absolute atomic E-state index is 2.45. The van der Waals surface area contributed by atoms with E-state index in [1.54, 1.807) is 0 Å². The third-order valence-corrected chi connectivity index (χ3v) is 19.2. The van der Waals surface area contributed by atoms with Crippen molar-refractivity contribution in [3.63, 3.8) is 0 Å². The molecule has 0 aliphatic rings. The summed E-state index contributed by atoms with van der Waals surface area (Å²) >= 11 is 1.89. The van der Waals surface area contributed by atoms with Crippen molar-refractivity contribution in [2.24, 2.45) is 0 Å². The number of thiophene rings is 1. The lowest BCUT2D eigenvalue weighted by molar-refractivity contribution is 1.28. The monoisotopic (exact) mass is 1150 g/mol. The molecule has 416 valence electrons. The van der Waals surface area contributed by atoms with E-state index in [4.69, 9.17) is 0 Å². The van der Waals surface area contributed by atoms with Crippen LogP contribution in [0.2, 0.25) is 0 Å². The van der Waals surface area contributed by atoms with Crippen LogP contribution < -0.4 is 9.80 Å². The van der Waals surface area contributed by atoms with Gasteiger partial charge in [-0.3, -0.25) is 0 Å². The summed E-state index contributed by atoms with van der Waals surface area (Å²) in [5.41, 5.74) is 18.2. The maximum Gasteiger partial charge on any atom is 0.0540 e. The highest BCUT2D eigenvalue weighted by Gasteiger charge is 2.22. The molecule has 0 saturated heterocycles. The van der Waals surface area contributed by atoms with Gasteiger partial charge in [-0.1, -0.05) is 261 Å². The van der Waals surface area contributed by atoms with Crippen LogP contribution in [0, 0.1) is 0 Å². The summed E-state index contributed by atoms with van der Waals surface area (Å²) in [4.78, 5) is 4.86. The summed E-state index contributed by atoms with van der Waals surface area (Å²) in [5.74, 6) is 0. The fraction of sp³-hybridized carbons (Fsp3) is 0. The van der Waals surface area contributed by atoms with Gasteiger partial charge in [0.2, 0.25) is 0 Å². The topological polar surface area (TPSA) is 6.48 Å². The molecule has 0 bridgehead atoms. The van der Waals surface area contributed by atoms with Crippen molar-refractivity contribution in [3.8, 4) is 55.6 Å². The van der Waals surface area contributed by atoms with Gasteiger partial charge in [-0.15, -0.1) is 11.3 Å². The molecule has 3 heteroatoms. The van der Waals surface area contributed by atoms with Gasteiger partial charge in [-0.05, 0) is 183 Å². The molecule has 0 radical (unpaired) electrons. The number of para-hydroxylation sites is 1. The second kappa shape index (κ2) is 21.9. The number of hydrogen-bond donors (Lipinski definition) is 0. The Kier molecular flexibility index (Phi) is 12.8. The van der Waals surface area contributed by atoms with E-state index in [-0.39, 0.29) is 0 Å². The Morgan fingerprint density at radius 3 is 1.44 bits per heavy atom. The molecule has 0 amide bonds. The molecule has 0 aliphatic heterocycles. The standard InChI is InChI=1S/C86H56N2S/c1-2-19-65-53-67(39-35-57(65)15-1)66-21-11-24-73(54-66)88(74-50-51-78-69(56-74)40-38-61-17-4-7-26-76(61)78)83-32-10-9-27-79(83)68-22-12-23-72(55-68)87(70-46-41-59(42-47-70)58-33-36-63(37-34-58)77-29-13-20-60-16-3-6-25-75(60)77)71-48-43-64(44-49-71)81-30-14-31-82-85-80-28-8-5-18-62(80)45-52-84(85)89-86(81)82/h1-56H. The van der Waals surface area contributed by atoms with E-state index in [2.05, 4.69) is 350 Å². The van der Waals surface area contributed by atoms with E-state index < -0.39 is 0 Å². The minimum absolute atomic E-state index is 1.05.